The monoisotopic (exact) mass is 422 g/mol. The van der Waals surface area contributed by atoms with Gasteiger partial charge in [0.2, 0.25) is 11.8 Å². The van der Waals surface area contributed by atoms with E-state index in [-0.39, 0.29) is 30.6 Å². The molecule has 0 spiro atoms. The zero-order chi connectivity index (χ0) is 20.5. The Morgan fingerprint density at radius 2 is 1.79 bits per heavy atom. The van der Waals surface area contributed by atoms with Crippen molar-refractivity contribution in [1.82, 2.24) is 10.2 Å². The highest BCUT2D eigenvalue weighted by Gasteiger charge is 2.25. The highest BCUT2D eigenvalue weighted by atomic mass is 35.5. The second-order valence-electron chi connectivity index (χ2n) is 6.27. The third-order valence-corrected chi connectivity index (χ3v) is 5.45. The number of hydrogen-bond donors (Lipinski definition) is 1. The lowest BCUT2D eigenvalue weighted by molar-refractivity contribution is -0.140. The number of halogens is 2. The Hall–Kier alpha value is -2.05. The average Bonchev–Trinajstić information content (AvgIpc) is 2.68. The number of benzene rings is 2. The van der Waals surface area contributed by atoms with Crippen LogP contribution in [0.3, 0.4) is 0 Å². The van der Waals surface area contributed by atoms with Crippen LogP contribution in [0, 0.1) is 5.82 Å². The number of nitrogens with one attached hydrogen (secondary N) is 1. The minimum absolute atomic E-state index is 0.121. The molecule has 0 bridgehead atoms. The van der Waals surface area contributed by atoms with E-state index < -0.39 is 6.04 Å². The summed E-state index contributed by atoms with van der Waals surface area (Å²) >= 11 is 7.44. The van der Waals surface area contributed by atoms with Gasteiger partial charge in [-0.25, -0.2) is 4.39 Å². The first-order valence-corrected chi connectivity index (χ1v) is 10.5. The van der Waals surface area contributed by atoms with Crippen molar-refractivity contribution >= 4 is 35.2 Å². The van der Waals surface area contributed by atoms with E-state index in [0.29, 0.717) is 17.3 Å². The molecule has 0 radical (unpaired) electrons. The molecule has 4 nitrogen and oxygen atoms in total. The molecule has 1 atom stereocenters. The number of amides is 2. The van der Waals surface area contributed by atoms with Gasteiger partial charge in [-0.05, 0) is 55.8 Å². The number of likely N-dealkylation sites (N-methyl/N-ethyl adjacent to an activating group) is 1. The maximum atomic E-state index is 13.2. The zero-order valence-corrected chi connectivity index (χ0v) is 17.5. The van der Waals surface area contributed by atoms with Gasteiger partial charge in [0.1, 0.15) is 11.9 Å². The smallest absolute Gasteiger partial charge is 0.242 e. The number of carbonyl (C=O) groups excluding carboxylic acids is 2. The van der Waals surface area contributed by atoms with Crippen molar-refractivity contribution in [2.24, 2.45) is 0 Å². The highest BCUT2D eigenvalue weighted by Crippen LogP contribution is 2.22. The minimum atomic E-state index is -0.613. The maximum Gasteiger partial charge on any atom is 0.242 e. The van der Waals surface area contributed by atoms with Crippen LogP contribution in [0.1, 0.15) is 25.8 Å². The lowest BCUT2D eigenvalue weighted by Crippen LogP contribution is -2.47. The molecule has 0 saturated heterocycles. The van der Waals surface area contributed by atoms with Crippen LogP contribution >= 0.6 is 23.4 Å². The molecule has 2 aromatic carbocycles. The molecule has 150 valence electrons. The van der Waals surface area contributed by atoms with Crippen LogP contribution in [-0.2, 0) is 16.1 Å². The van der Waals surface area contributed by atoms with Crippen LogP contribution in [0.25, 0.3) is 0 Å². The third kappa shape index (κ3) is 6.84. The topological polar surface area (TPSA) is 49.4 Å². The van der Waals surface area contributed by atoms with Crippen LogP contribution < -0.4 is 5.32 Å². The van der Waals surface area contributed by atoms with Crippen molar-refractivity contribution in [3.8, 4) is 0 Å². The number of hydrogen-bond acceptors (Lipinski definition) is 3. The Morgan fingerprint density at radius 1 is 1.14 bits per heavy atom. The number of thioether (sulfide) groups is 1. The zero-order valence-electron chi connectivity index (χ0n) is 16.0. The highest BCUT2D eigenvalue weighted by molar-refractivity contribution is 7.99. The molecule has 0 aliphatic heterocycles. The second kappa shape index (κ2) is 11.1. The van der Waals surface area contributed by atoms with Crippen molar-refractivity contribution in [2.45, 2.75) is 37.8 Å². The van der Waals surface area contributed by atoms with E-state index in [2.05, 4.69) is 5.32 Å². The van der Waals surface area contributed by atoms with Crippen LogP contribution in [0.15, 0.2) is 53.4 Å². The first-order chi connectivity index (χ1) is 13.4. The molecular weight excluding hydrogens is 399 g/mol. The molecule has 0 aliphatic rings. The molecule has 28 heavy (non-hydrogen) atoms. The normalized spacial score (nSPS) is 11.7. The Morgan fingerprint density at radius 3 is 2.39 bits per heavy atom. The number of rotatable bonds is 9. The molecule has 0 saturated carbocycles. The molecular formula is C21H24ClFN2O2S. The molecule has 1 N–H and O–H groups in total. The summed E-state index contributed by atoms with van der Waals surface area (Å²) in [4.78, 5) is 27.7. The summed E-state index contributed by atoms with van der Waals surface area (Å²) < 4.78 is 13.2. The van der Waals surface area contributed by atoms with Crippen molar-refractivity contribution in [3.05, 3.63) is 64.9 Å². The van der Waals surface area contributed by atoms with E-state index in [1.807, 2.05) is 31.2 Å². The van der Waals surface area contributed by atoms with E-state index in [4.69, 9.17) is 11.6 Å². The SMILES string of the molecule is CCNC(=O)C(C)N(Cc1ccc(F)cc1)C(=O)CCSc1ccc(Cl)cc1. The van der Waals surface area contributed by atoms with Gasteiger partial charge in [-0.1, -0.05) is 23.7 Å². The predicted molar refractivity (Wildman–Crippen MR) is 112 cm³/mol. The standard InChI is InChI=1S/C21H24ClFN2O2S/c1-3-24-21(27)15(2)25(14-16-4-8-18(23)9-5-16)20(26)12-13-28-19-10-6-17(22)7-11-19/h4-11,15H,3,12-14H2,1-2H3,(H,24,27). The van der Waals surface area contributed by atoms with Crippen LogP contribution in [0.2, 0.25) is 5.02 Å². The van der Waals surface area contributed by atoms with E-state index in [1.54, 1.807) is 35.7 Å². The van der Waals surface area contributed by atoms with Gasteiger partial charge in [-0.15, -0.1) is 11.8 Å². The summed E-state index contributed by atoms with van der Waals surface area (Å²) in [5, 5.41) is 3.42. The van der Waals surface area contributed by atoms with Crippen molar-refractivity contribution < 1.29 is 14.0 Å². The first-order valence-electron chi connectivity index (χ1n) is 9.10. The fourth-order valence-electron chi connectivity index (χ4n) is 2.62. The van der Waals surface area contributed by atoms with E-state index >= 15 is 0 Å². The summed E-state index contributed by atoms with van der Waals surface area (Å²) in [5.41, 5.74) is 0.774. The Balaban J connectivity index is 2.03. The molecule has 0 aliphatic carbocycles. The van der Waals surface area contributed by atoms with Gasteiger partial charge in [0, 0.05) is 35.2 Å². The van der Waals surface area contributed by atoms with Crippen LogP contribution in [0.5, 0.6) is 0 Å². The summed E-state index contributed by atoms with van der Waals surface area (Å²) in [6.07, 6.45) is 0.290. The second-order valence-corrected chi connectivity index (χ2v) is 7.88. The quantitative estimate of drug-likeness (QED) is 0.604. The van der Waals surface area contributed by atoms with Gasteiger partial charge >= 0.3 is 0 Å². The van der Waals surface area contributed by atoms with Crippen molar-refractivity contribution in [1.29, 1.82) is 0 Å². The lowest BCUT2D eigenvalue weighted by Gasteiger charge is -2.28. The molecule has 1 unspecified atom stereocenters. The average molecular weight is 423 g/mol. The Kier molecular flexibility index (Phi) is 8.80. The van der Waals surface area contributed by atoms with Gasteiger partial charge in [-0.3, -0.25) is 9.59 Å². The molecule has 0 heterocycles. The summed E-state index contributed by atoms with van der Waals surface area (Å²) in [6, 6.07) is 12.8. The van der Waals surface area contributed by atoms with Crippen LogP contribution in [0.4, 0.5) is 4.39 Å². The number of nitrogens with zero attached hydrogens (tertiary/aromatic N) is 1. The molecule has 0 fully saturated rings. The van der Waals surface area contributed by atoms with Crippen LogP contribution in [-0.4, -0.2) is 35.1 Å². The van der Waals surface area contributed by atoms with E-state index in [9.17, 15) is 14.0 Å². The van der Waals surface area contributed by atoms with Crippen molar-refractivity contribution in [2.75, 3.05) is 12.3 Å². The lowest BCUT2D eigenvalue weighted by atomic mass is 10.1. The largest absolute Gasteiger partial charge is 0.355 e. The molecule has 7 heteroatoms. The molecule has 2 aromatic rings. The minimum Gasteiger partial charge on any atom is -0.355 e. The summed E-state index contributed by atoms with van der Waals surface area (Å²) in [7, 11) is 0. The van der Waals surface area contributed by atoms with E-state index in [0.717, 1.165) is 10.5 Å². The predicted octanol–water partition coefficient (Wildman–Crippen LogP) is 4.51. The van der Waals surface area contributed by atoms with Gasteiger partial charge in [-0.2, -0.15) is 0 Å². The molecule has 0 aromatic heterocycles. The summed E-state index contributed by atoms with van der Waals surface area (Å²) in [5.74, 6) is -0.0756. The summed E-state index contributed by atoms with van der Waals surface area (Å²) in [6.45, 7) is 4.29. The van der Waals surface area contributed by atoms with E-state index in [1.165, 1.54) is 12.1 Å². The van der Waals surface area contributed by atoms with Gasteiger partial charge in [0.05, 0.1) is 0 Å². The first kappa shape index (κ1) is 22.2. The maximum absolute atomic E-state index is 13.2. The van der Waals surface area contributed by atoms with Gasteiger partial charge in [0.15, 0.2) is 0 Å². The number of carbonyl (C=O) groups is 2. The Labute approximate surface area is 174 Å². The Bertz CT molecular complexity index is 784. The fraction of sp³-hybridized carbons (Fsp3) is 0.333. The van der Waals surface area contributed by atoms with Crippen molar-refractivity contribution in [3.63, 3.8) is 0 Å². The molecule has 2 rings (SSSR count). The third-order valence-electron chi connectivity index (χ3n) is 4.18. The van der Waals surface area contributed by atoms with Gasteiger partial charge < -0.3 is 10.2 Å². The molecule has 2 amide bonds. The fourth-order valence-corrected chi connectivity index (χ4v) is 3.59. The van der Waals surface area contributed by atoms with Gasteiger partial charge in [0.25, 0.3) is 0 Å².